The Hall–Kier alpha value is -1.12. The lowest BCUT2D eigenvalue weighted by Crippen LogP contribution is -2.32. The minimum absolute atomic E-state index is 0.334. The number of carbonyl (C=O) groups is 2. The summed E-state index contributed by atoms with van der Waals surface area (Å²) in [5.41, 5.74) is 0.398. The molecule has 0 unspecified atom stereocenters. The number of rotatable bonds is 5. The van der Waals surface area contributed by atoms with E-state index in [0.29, 0.717) is 11.1 Å². The quantitative estimate of drug-likeness (QED) is 0.517. The average molecular weight is 210 g/mol. The van der Waals surface area contributed by atoms with Gasteiger partial charge in [-0.1, -0.05) is 26.7 Å². The number of hydrogen-bond donors (Lipinski definition) is 0. The minimum atomic E-state index is -0.633. The van der Waals surface area contributed by atoms with Gasteiger partial charge >= 0.3 is 5.97 Å². The van der Waals surface area contributed by atoms with Gasteiger partial charge in [0, 0.05) is 11.1 Å². The fraction of sp³-hybridized carbons (Fsp3) is 0.667. The highest BCUT2D eigenvalue weighted by molar-refractivity contribution is 6.00. The van der Waals surface area contributed by atoms with Crippen LogP contribution in [0.4, 0.5) is 0 Å². The third-order valence-electron chi connectivity index (χ3n) is 2.91. The van der Waals surface area contributed by atoms with Crippen LogP contribution >= 0.6 is 0 Å². The van der Waals surface area contributed by atoms with Gasteiger partial charge < -0.3 is 4.74 Å². The first-order valence-electron chi connectivity index (χ1n) is 5.51. The smallest absolute Gasteiger partial charge is 0.335 e. The Morgan fingerprint density at radius 1 is 1.27 bits per heavy atom. The molecule has 0 saturated carbocycles. The van der Waals surface area contributed by atoms with Crippen LogP contribution in [0, 0.1) is 0 Å². The number of cyclic esters (lactones) is 1. The van der Waals surface area contributed by atoms with E-state index in [4.69, 9.17) is 4.74 Å². The van der Waals surface area contributed by atoms with Gasteiger partial charge in [-0.15, -0.1) is 0 Å². The molecule has 0 saturated heterocycles. The van der Waals surface area contributed by atoms with Crippen LogP contribution in [-0.2, 0) is 14.3 Å². The molecule has 0 bridgehead atoms. The summed E-state index contributed by atoms with van der Waals surface area (Å²) in [6.45, 7) is 5.72. The van der Waals surface area contributed by atoms with Gasteiger partial charge in [-0.2, -0.15) is 0 Å². The highest BCUT2D eigenvalue weighted by atomic mass is 16.6. The Balaban J connectivity index is 3.09. The lowest BCUT2D eigenvalue weighted by molar-refractivity contribution is -0.148. The van der Waals surface area contributed by atoms with Gasteiger partial charge in [0.15, 0.2) is 6.29 Å². The summed E-state index contributed by atoms with van der Waals surface area (Å²) in [5, 5.41) is 0. The van der Waals surface area contributed by atoms with Crippen LogP contribution in [0.5, 0.6) is 0 Å². The molecule has 0 atom stereocenters. The van der Waals surface area contributed by atoms with Gasteiger partial charge in [-0.05, 0) is 19.8 Å². The van der Waals surface area contributed by atoms with Crippen LogP contribution < -0.4 is 0 Å². The predicted octanol–water partition coefficient (Wildman–Crippen LogP) is 2.40. The van der Waals surface area contributed by atoms with Crippen LogP contribution in [0.1, 0.15) is 46.5 Å². The summed E-state index contributed by atoms with van der Waals surface area (Å²) in [5.74, 6) is -0.334. The fourth-order valence-electron chi connectivity index (χ4n) is 2.26. The summed E-state index contributed by atoms with van der Waals surface area (Å²) in [6, 6.07) is 0. The Labute approximate surface area is 90.5 Å². The molecular weight excluding hydrogens is 192 g/mol. The standard InChI is InChI=1S/C12H18O3/c1-4-6-12(7-5-2)10(8-13)9(3)11(14)15-12/h8H,4-7H2,1-3H3. The van der Waals surface area contributed by atoms with E-state index in [0.717, 1.165) is 32.0 Å². The van der Waals surface area contributed by atoms with E-state index in [1.807, 2.05) is 13.8 Å². The molecule has 3 heteroatoms. The molecule has 3 nitrogen and oxygen atoms in total. The van der Waals surface area contributed by atoms with E-state index in [9.17, 15) is 9.59 Å². The van der Waals surface area contributed by atoms with Crippen LogP contribution in [0.2, 0.25) is 0 Å². The Kier molecular flexibility index (Phi) is 3.66. The number of carbonyl (C=O) groups excluding carboxylic acids is 2. The zero-order chi connectivity index (χ0) is 11.5. The molecule has 1 heterocycles. The summed E-state index contributed by atoms with van der Waals surface area (Å²) < 4.78 is 5.40. The second-order valence-electron chi connectivity index (χ2n) is 4.04. The maximum atomic E-state index is 11.5. The molecule has 1 rings (SSSR count). The minimum Gasteiger partial charge on any atom is -0.451 e. The summed E-state index contributed by atoms with van der Waals surface area (Å²) in [6.07, 6.45) is 4.05. The number of esters is 1. The molecule has 84 valence electrons. The van der Waals surface area contributed by atoms with Crippen LogP contribution in [0.15, 0.2) is 11.1 Å². The van der Waals surface area contributed by atoms with E-state index in [2.05, 4.69) is 0 Å². The summed E-state index contributed by atoms with van der Waals surface area (Å²) in [7, 11) is 0. The highest BCUT2D eigenvalue weighted by Crippen LogP contribution is 2.38. The van der Waals surface area contributed by atoms with Gasteiger partial charge in [0.25, 0.3) is 0 Å². The molecule has 0 aliphatic carbocycles. The first-order chi connectivity index (χ1) is 7.11. The van der Waals surface area contributed by atoms with E-state index < -0.39 is 5.60 Å². The van der Waals surface area contributed by atoms with Gasteiger partial charge in [0.1, 0.15) is 5.60 Å². The number of hydrogen-bond acceptors (Lipinski definition) is 3. The molecule has 15 heavy (non-hydrogen) atoms. The van der Waals surface area contributed by atoms with Crippen molar-refractivity contribution in [3.63, 3.8) is 0 Å². The number of ether oxygens (including phenoxy) is 1. The SMILES string of the molecule is CCCC1(CCC)OC(=O)C(C)=C1C=O. The number of aldehydes is 1. The van der Waals surface area contributed by atoms with E-state index >= 15 is 0 Å². The topological polar surface area (TPSA) is 43.4 Å². The van der Waals surface area contributed by atoms with Gasteiger partial charge in [-0.3, -0.25) is 4.79 Å². The van der Waals surface area contributed by atoms with Gasteiger partial charge in [0.05, 0.1) is 0 Å². The zero-order valence-corrected chi connectivity index (χ0v) is 9.63. The Morgan fingerprint density at radius 2 is 1.80 bits per heavy atom. The van der Waals surface area contributed by atoms with E-state index in [1.165, 1.54) is 0 Å². The summed E-state index contributed by atoms with van der Waals surface area (Å²) in [4.78, 5) is 22.5. The van der Waals surface area contributed by atoms with Crippen molar-refractivity contribution in [2.24, 2.45) is 0 Å². The van der Waals surface area contributed by atoms with Crippen molar-refractivity contribution < 1.29 is 14.3 Å². The lowest BCUT2D eigenvalue weighted by atomic mass is 9.85. The molecule has 0 fully saturated rings. The Bertz CT molecular complexity index is 296. The van der Waals surface area contributed by atoms with E-state index in [1.54, 1.807) is 6.92 Å². The Morgan fingerprint density at radius 3 is 2.20 bits per heavy atom. The third-order valence-corrected chi connectivity index (χ3v) is 2.91. The monoisotopic (exact) mass is 210 g/mol. The third kappa shape index (κ3) is 1.96. The second kappa shape index (κ2) is 4.60. The van der Waals surface area contributed by atoms with Crippen molar-refractivity contribution >= 4 is 12.3 Å². The van der Waals surface area contributed by atoms with Gasteiger partial charge in [0.2, 0.25) is 0 Å². The fourth-order valence-corrected chi connectivity index (χ4v) is 2.26. The van der Waals surface area contributed by atoms with Crippen molar-refractivity contribution in [1.82, 2.24) is 0 Å². The van der Waals surface area contributed by atoms with Crippen LogP contribution in [0.3, 0.4) is 0 Å². The lowest BCUT2D eigenvalue weighted by Gasteiger charge is -2.28. The molecule has 0 N–H and O–H groups in total. The molecular formula is C12H18O3. The van der Waals surface area contributed by atoms with Gasteiger partial charge in [-0.25, -0.2) is 4.79 Å². The maximum Gasteiger partial charge on any atom is 0.335 e. The van der Waals surface area contributed by atoms with Crippen LogP contribution in [0.25, 0.3) is 0 Å². The van der Waals surface area contributed by atoms with Crippen molar-refractivity contribution in [2.75, 3.05) is 0 Å². The first kappa shape index (κ1) is 12.0. The van der Waals surface area contributed by atoms with Crippen LogP contribution in [-0.4, -0.2) is 17.9 Å². The predicted molar refractivity (Wildman–Crippen MR) is 57.4 cm³/mol. The van der Waals surface area contributed by atoms with E-state index in [-0.39, 0.29) is 5.97 Å². The average Bonchev–Trinajstić information content (AvgIpc) is 2.40. The molecule has 0 aromatic heterocycles. The van der Waals surface area contributed by atoms with Crippen molar-refractivity contribution in [3.8, 4) is 0 Å². The molecule has 0 amide bonds. The van der Waals surface area contributed by atoms with Crippen molar-refractivity contribution in [1.29, 1.82) is 0 Å². The zero-order valence-electron chi connectivity index (χ0n) is 9.63. The highest BCUT2D eigenvalue weighted by Gasteiger charge is 2.44. The summed E-state index contributed by atoms with van der Waals surface area (Å²) >= 11 is 0. The normalized spacial score (nSPS) is 19.3. The molecule has 0 aromatic carbocycles. The molecule has 0 aromatic rings. The first-order valence-corrected chi connectivity index (χ1v) is 5.51. The second-order valence-corrected chi connectivity index (χ2v) is 4.04. The van der Waals surface area contributed by atoms with Crippen molar-refractivity contribution in [2.45, 2.75) is 52.1 Å². The molecule has 1 aliphatic heterocycles. The maximum absolute atomic E-state index is 11.5. The van der Waals surface area contributed by atoms with Crippen molar-refractivity contribution in [3.05, 3.63) is 11.1 Å². The largest absolute Gasteiger partial charge is 0.451 e. The molecule has 1 aliphatic rings. The molecule has 0 spiro atoms. The molecule has 0 radical (unpaired) electrons.